The number of benzene rings is 1. The fourth-order valence-corrected chi connectivity index (χ4v) is 5.54. The minimum atomic E-state index is -0.853. The molecule has 3 rings (SSSR count). The van der Waals surface area contributed by atoms with Gasteiger partial charge < -0.3 is 18.9 Å². The fourth-order valence-electron chi connectivity index (χ4n) is 5.54. The summed E-state index contributed by atoms with van der Waals surface area (Å²) in [5.41, 5.74) is 0.978. The van der Waals surface area contributed by atoms with Crippen LogP contribution in [0.4, 0.5) is 0 Å². The third-order valence-corrected chi connectivity index (χ3v) is 7.96. The first-order chi connectivity index (χ1) is 19.4. The number of cyclic esters (lactones) is 1. The quantitative estimate of drug-likeness (QED) is 0.0697. The number of hydrogen-bond acceptors (Lipinski definition) is 5. The first kappa shape index (κ1) is 32.6. The van der Waals surface area contributed by atoms with E-state index in [1.807, 2.05) is 44.2 Å². The average Bonchev–Trinajstić information content (AvgIpc) is 3.48. The molecule has 5 heteroatoms. The third kappa shape index (κ3) is 11.5. The van der Waals surface area contributed by atoms with Crippen LogP contribution in [0.1, 0.15) is 123 Å². The van der Waals surface area contributed by atoms with Crippen LogP contribution in [0.5, 0.6) is 0 Å². The van der Waals surface area contributed by atoms with Crippen molar-refractivity contribution in [2.24, 2.45) is 0 Å². The van der Waals surface area contributed by atoms with Crippen molar-refractivity contribution in [2.75, 3.05) is 13.2 Å². The van der Waals surface area contributed by atoms with E-state index in [0.29, 0.717) is 19.6 Å². The molecule has 0 saturated carbocycles. The minimum Gasteiger partial charge on any atom is -0.450 e. The first-order valence-corrected chi connectivity index (χ1v) is 15.9. The normalized spacial score (nSPS) is 23.4. The van der Waals surface area contributed by atoms with Crippen LogP contribution in [-0.2, 0) is 30.3 Å². The van der Waals surface area contributed by atoms with E-state index in [0.717, 1.165) is 24.0 Å². The Kier molecular flexibility index (Phi) is 14.5. The molecule has 2 fully saturated rings. The molecule has 0 spiro atoms. The molecule has 1 aromatic rings. The van der Waals surface area contributed by atoms with E-state index in [-0.39, 0.29) is 18.7 Å². The van der Waals surface area contributed by atoms with Gasteiger partial charge in [0.25, 0.3) is 0 Å². The number of allylic oxidation sites excluding steroid dienone is 3. The van der Waals surface area contributed by atoms with Gasteiger partial charge in [-0.1, -0.05) is 107 Å². The topological polar surface area (TPSA) is 54.0 Å². The van der Waals surface area contributed by atoms with Gasteiger partial charge >= 0.3 is 5.97 Å². The Labute approximate surface area is 243 Å². The lowest BCUT2D eigenvalue weighted by atomic mass is 9.91. The number of ether oxygens (including phenoxy) is 4. The molecule has 0 bridgehead atoms. The molecule has 5 nitrogen and oxygen atoms in total. The number of rotatable bonds is 20. The molecular formula is C35H54O5. The second-order valence-corrected chi connectivity index (χ2v) is 12.0. The molecule has 2 saturated heterocycles. The zero-order chi connectivity index (χ0) is 28.5. The Morgan fingerprint density at radius 3 is 2.12 bits per heavy atom. The van der Waals surface area contributed by atoms with Crippen molar-refractivity contribution in [3.8, 4) is 0 Å². The summed E-state index contributed by atoms with van der Waals surface area (Å²) in [6.07, 6.45) is 24.6. The maximum absolute atomic E-state index is 12.9. The van der Waals surface area contributed by atoms with Crippen LogP contribution in [0.15, 0.2) is 54.1 Å². The summed E-state index contributed by atoms with van der Waals surface area (Å²) in [4.78, 5) is 12.9. The summed E-state index contributed by atoms with van der Waals surface area (Å²) in [5.74, 6) is -0.941. The molecule has 0 N–H and O–H groups in total. The van der Waals surface area contributed by atoms with Gasteiger partial charge in [-0.3, -0.25) is 0 Å². The Hall–Kier alpha value is -1.95. The number of carbonyl (C=O) groups is 1. The Bertz CT molecular complexity index is 906. The van der Waals surface area contributed by atoms with Crippen molar-refractivity contribution in [1.29, 1.82) is 0 Å². The lowest BCUT2D eigenvalue weighted by Gasteiger charge is -2.32. The maximum atomic E-state index is 12.9. The largest absolute Gasteiger partial charge is 0.450 e. The van der Waals surface area contributed by atoms with Crippen LogP contribution in [0.2, 0.25) is 0 Å². The van der Waals surface area contributed by atoms with Crippen molar-refractivity contribution in [3.63, 3.8) is 0 Å². The highest BCUT2D eigenvalue weighted by Gasteiger charge is 2.54. The predicted molar refractivity (Wildman–Crippen MR) is 162 cm³/mol. The minimum absolute atomic E-state index is 0.246. The number of carbonyl (C=O) groups excluding carboxylic acids is 1. The first-order valence-electron chi connectivity index (χ1n) is 15.9. The molecule has 1 aromatic carbocycles. The Morgan fingerprint density at radius 1 is 0.875 bits per heavy atom. The summed E-state index contributed by atoms with van der Waals surface area (Å²) >= 11 is 0. The van der Waals surface area contributed by atoms with Gasteiger partial charge in [0.05, 0.1) is 19.8 Å². The molecule has 2 heterocycles. The van der Waals surface area contributed by atoms with Crippen LogP contribution < -0.4 is 0 Å². The van der Waals surface area contributed by atoms with Crippen LogP contribution in [0.25, 0.3) is 0 Å². The van der Waals surface area contributed by atoms with E-state index >= 15 is 0 Å². The van der Waals surface area contributed by atoms with Gasteiger partial charge in [-0.15, -0.1) is 0 Å². The van der Waals surface area contributed by atoms with Crippen molar-refractivity contribution in [2.45, 2.75) is 141 Å². The van der Waals surface area contributed by atoms with Gasteiger partial charge in [0.2, 0.25) is 0 Å². The highest BCUT2D eigenvalue weighted by Crippen LogP contribution is 2.40. The zero-order valence-corrected chi connectivity index (χ0v) is 25.5. The maximum Gasteiger partial charge on any atom is 0.334 e. The third-order valence-electron chi connectivity index (χ3n) is 7.96. The van der Waals surface area contributed by atoms with Gasteiger partial charge in [0.15, 0.2) is 11.4 Å². The highest BCUT2D eigenvalue weighted by atomic mass is 16.8. The van der Waals surface area contributed by atoms with Crippen LogP contribution in [0, 0.1) is 0 Å². The van der Waals surface area contributed by atoms with Gasteiger partial charge in [0.1, 0.15) is 6.10 Å². The lowest BCUT2D eigenvalue weighted by molar-refractivity contribution is -0.192. The molecule has 0 radical (unpaired) electrons. The number of hydrogen-bond donors (Lipinski definition) is 0. The van der Waals surface area contributed by atoms with Gasteiger partial charge in [-0.2, -0.15) is 0 Å². The standard InChI is InChI=1S/C35H54O5/c1-4-5-6-7-8-9-10-11-12-13-14-15-16-17-18-22-25-31-26-35(40-33(31)36,32-28-38-34(2,3)39-32)29-37-27-30-23-20-19-21-24-30/h11-12,19-21,23-25,32H,4-10,13-18,22,26-29H2,1-3H3/b12-11-,31-25-/t32-,35+/m0/s1. The Morgan fingerprint density at radius 2 is 1.50 bits per heavy atom. The second-order valence-electron chi connectivity index (χ2n) is 12.0. The van der Waals surface area contributed by atoms with E-state index < -0.39 is 11.4 Å². The molecule has 2 aliphatic rings. The van der Waals surface area contributed by atoms with Crippen molar-refractivity contribution in [3.05, 3.63) is 59.7 Å². The Balaban J connectivity index is 1.34. The second kappa shape index (κ2) is 17.8. The summed E-state index contributed by atoms with van der Waals surface area (Å²) < 4.78 is 24.1. The SMILES string of the molecule is CCCCCCCC/C=C\CCCCCCC/C=C1/C[C@@](COCc2ccccc2)([C@@H]2COC(C)(C)O2)OC1=O. The molecular weight excluding hydrogens is 500 g/mol. The van der Waals surface area contributed by atoms with E-state index in [1.165, 1.54) is 77.0 Å². The van der Waals surface area contributed by atoms with E-state index in [1.54, 1.807) is 0 Å². The van der Waals surface area contributed by atoms with Gasteiger partial charge in [-0.25, -0.2) is 4.79 Å². The van der Waals surface area contributed by atoms with Crippen molar-refractivity contribution >= 4 is 5.97 Å². The number of unbranched alkanes of at least 4 members (excludes halogenated alkanes) is 12. The highest BCUT2D eigenvalue weighted by molar-refractivity contribution is 5.91. The summed E-state index contributed by atoms with van der Waals surface area (Å²) in [7, 11) is 0. The molecule has 0 aliphatic carbocycles. The average molecular weight is 555 g/mol. The number of esters is 1. The summed E-state index contributed by atoms with van der Waals surface area (Å²) in [6, 6.07) is 10.0. The van der Waals surface area contributed by atoms with E-state index in [9.17, 15) is 4.79 Å². The van der Waals surface area contributed by atoms with E-state index in [4.69, 9.17) is 18.9 Å². The molecule has 0 aromatic heterocycles. The molecule has 2 atom stereocenters. The summed E-state index contributed by atoms with van der Waals surface area (Å²) in [5, 5.41) is 0. The van der Waals surface area contributed by atoms with Gasteiger partial charge in [0, 0.05) is 12.0 Å². The molecule has 224 valence electrons. The van der Waals surface area contributed by atoms with E-state index in [2.05, 4.69) is 25.2 Å². The fraction of sp³-hybridized carbons (Fsp3) is 0.686. The summed E-state index contributed by atoms with van der Waals surface area (Å²) in [6.45, 7) is 7.19. The smallest absolute Gasteiger partial charge is 0.334 e. The lowest BCUT2D eigenvalue weighted by Crippen LogP contribution is -2.48. The van der Waals surface area contributed by atoms with Gasteiger partial charge in [-0.05, 0) is 57.9 Å². The molecule has 0 unspecified atom stereocenters. The van der Waals surface area contributed by atoms with Crippen LogP contribution >= 0.6 is 0 Å². The van der Waals surface area contributed by atoms with Crippen LogP contribution in [0.3, 0.4) is 0 Å². The molecule has 40 heavy (non-hydrogen) atoms. The van der Waals surface area contributed by atoms with Crippen molar-refractivity contribution < 1.29 is 23.7 Å². The molecule has 2 aliphatic heterocycles. The molecule has 0 amide bonds. The predicted octanol–water partition coefficient (Wildman–Crippen LogP) is 9.00. The monoisotopic (exact) mass is 554 g/mol. The van der Waals surface area contributed by atoms with Crippen molar-refractivity contribution in [1.82, 2.24) is 0 Å². The zero-order valence-electron chi connectivity index (χ0n) is 25.5. The van der Waals surface area contributed by atoms with Crippen LogP contribution in [-0.4, -0.2) is 36.7 Å².